The molecule has 0 bridgehead atoms. The predicted octanol–water partition coefficient (Wildman–Crippen LogP) is 3.54. The van der Waals surface area contributed by atoms with Crippen LogP contribution in [0.2, 0.25) is 0 Å². The van der Waals surface area contributed by atoms with Crippen LogP contribution >= 0.6 is 0 Å². The fourth-order valence-corrected chi connectivity index (χ4v) is 3.00. The first-order valence-corrected chi connectivity index (χ1v) is 5.37. The summed E-state index contributed by atoms with van der Waals surface area (Å²) in [7, 11) is 3.05. The number of ether oxygens (including phenoxy) is 2. The van der Waals surface area contributed by atoms with Gasteiger partial charge in [-0.2, -0.15) is 0 Å². The Labute approximate surface area is 92.1 Å². The van der Waals surface area contributed by atoms with Gasteiger partial charge in [-0.1, -0.05) is 27.7 Å². The monoisotopic (exact) mass is 213 g/mol. The molecule has 0 heterocycles. The molecule has 0 aromatic heterocycles. The molecule has 0 aromatic rings. The summed E-state index contributed by atoms with van der Waals surface area (Å²) in [6.07, 6.45) is 2.22. The van der Waals surface area contributed by atoms with Gasteiger partial charge in [0.25, 0.3) is 0 Å². The lowest BCUT2D eigenvalue weighted by Crippen LogP contribution is -2.38. The topological polar surface area (TPSA) is 35.5 Å². The van der Waals surface area contributed by atoms with Gasteiger partial charge in [0.15, 0.2) is 0 Å². The van der Waals surface area contributed by atoms with E-state index in [4.69, 9.17) is 4.74 Å². The molecule has 1 aliphatic carbocycles. The summed E-state index contributed by atoms with van der Waals surface area (Å²) in [5.74, 6) is 0. The molecule has 0 N–H and O–H groups in total. The normalized spacial score (nSPS) is 24.6. The molecule has 0 amide bonds. The van der Waals surface area contributed by atoms with Crippen molar-refractivity contribution in [1.82, 2.24) is 0 Å². The van der Waals surface area contributed by atoms with Gasteiger partial charge in [-0.05, 0) is 30.1 Å². The zero-order chi connectivity index (χ0) is 11.7. The highest BCUT2D eigenvalue weighted by Gasteiger charge is 2.40. The molecule has 0 spiro atoms. The fourth-order valence-electron chi connectivity index (χ4n) is 3.00. The van der Waals surface area contributed by atoms with Crippen molar-refractivity contribution in [2.45, 2.75) is 53.1 Å². The first-order valence-electron chi connectivity index (χ1n) is 5.37. The Morgan fingerprint density at radius 2 is 1.67 bits per heavy atom. The van der Waals surface area contributed by atoms with Gasteiger partial charge < -0.3 is 9.47 Å². The predicted molar refractivity (Wildman–Crippen MR) is 58.1 cm³/mol. The van der Waals surface area contributed by atoms with E-state index in [-0.39, 0.29) is 16.9 Å². The van der Waals surface area contributed by atoms with Crippen LogP contribution in [0.25, 0.3) is 0 Å². The van der Waals surface area contributed by atoms with Crippen molar-refractivity contribution in [2.75, 3.05) is 0 Å². The lowest BCUT2D eigenvalue weighted by atomic mass is 9.64. The third-order valence-corrected chi connectivity index (χ3v) is 2.90. The van der Waals surface area contributed by atoms with Crippen molar-refractivity contribution < 1.29 is 14.3 Å². The Hall–Kier alpha value is -0.730. The summed E-state index contributed by atoms with van der Waals surface area (Å²) < 4.78 is 9.47. The van der Waals surface area contributed by atoms with Crippen molar-refractivity contribution in [3.05, 3.63) is 7.11 Å². The van der Waals surface area contributed by atoms with E-state index < -0.39 is 6.16 Å². The van der Waals surface area contributed by atoms with Crippen molar-refractivity contribution in [2.24, 2.45) is 10.8 Å². The summed E-state index contributed by atoms with van der Waals surface area (Å²) in [6.45, 7) is 8.83. The molecule has 0 saturated heterocycles. The molecule has 0 atom stereocenters. The van der Waals surface area contributed by atoms with Gasteiger partial charge in [-0.25, -0.2) is 4.79 Å². The largest absolute Gasteiger partial charge is 0.508 e. The van der Waals surface area contributed by atoms with Crippen LogP contribution in [0.5, 0.6) is 0 Å². The summed E-state index contributed by atoms with van der Waals surface area (Å²) in [5.41, 5.74) is 0.432. The minimum Gasteiger partial charge on any atom is -0.431 e. The van der Waals surface area contributed by atoms with Crippen molar-refractivity contribution >= 4 is 6.16 Å². The number of hydrogen-bond donors (Lipinski definition) is 0. The third-order valence-electron chi connectivity index (χ3n) is 2.90. The summed E-state index contributed by atoms with van der Waals surface area (Å²) in [4.78, 5) is 11.0. The zero-order valence-corrected chi connectivity index (χ0v) is 10.1. The van der Waals surface area contributed by atoms with Crippen LogP contribution in [0.15, 0.2) is 0 Å². The van der Waals surface area contributed by atoms with E-state index in [0.29, 0.717) is 0 Å². The average Bonchev–Trinajstić information content (AvgIpc) is 1.97. The highest BCUT2D eigenvalue weighted by molar-refractivity contribution is 5.60. The molecule has 1 radical (unpaired) electrons. The van der Waals surface area contributed by atoms with Gasteiger partial charge in [0.2, 0.25) is 0 Å². The molecule has 0 aliphatic heterocycles. The quantitative estimate of drug-likeness (QED) is 0.625. The second-order valence-corrected chi connectivity index (χ2v) is 6.05. The van der Waals surface area contributed by atoms with Gasteiger partial charge >= 0.3 is 6.16 Å². The molecule has 15 heavy (non-hydrogen) atoms. The Balaban J connectivity index is 2.63. The van der Waals surface area contributed by atoms with E-state index in [1.165, 1.54) is 0 Å². The van der Waals surface area contributed by atoms with Crippen molar-refractivity contribution in [3.63, 3.8) is 0 Å². The Kier molecular flexibility index (Phi) is 3.31. The van der Waals surface area contributed by atoms with E-state index in [0.717, 1.165) is 19.3 Å². The van der Waals surface area contributed by atoms with Gasteiger partial charge in [0, 0.05) is 0 Å². The molecule has 1 aliphatic rings. The second kappa shape index (κ2) is 4.03. The molecule has 3 heteroatoms. The average molecular weight is 213 g/mol. The molecule has 0 aromatic carbocycles. The molecule has 87 valence electrons. The summed E-state index contributed by atoms with van der Waals surface area (Å²) in [5, 5.41) is 0. The van der Waals surface area contributed by atoms with Gasteiger partial charge in [-0.15, -0.1) is 0 Å². The van der Waals surface area contributed by atoms with Crippen molar-refractivity contribution in [3.8, 4) is 0 Å². The molecular weight excluding hydrogens is 192 g/mol. The first-order chi connectivity index (χ1) is 6.74. The Morgan fingerprint density at radius 3 is 2.07 bits per heavy atom. The van der Waals surface area contributed by atoms with Gasteiger partial charge in [-0.3, -0.25) is 0 Å². The molecule has 1 rings (SSSR count). The van der Waals surface area contributed by atoms with Crippen LogP contribution in [0.3, 0.4) is 0 Å². The maximum absolute atomic E-state index is 11.0. The second-order valence-electron chi connectivity index (χ2n) is 6.05. The first kappa shape index (κ1) is 12.3. The van der Waals surface area contributed by atoms with Crippen LogP contribution in [0.4, 0.5) is 4.79 Å². The van der Waals surface area contributed by atoms with E-state index in [1.807, 2.05) is 0 Å². The molecule has 0 unspecified atom stereocenters. The van der Waals surface area contributed by atoms with E-state index >= 15 is 0 Å². The van der Waals surface area contributed by atoms with E-state index in [1.54, 1.807) is 0 Å². The minimum atomic E-state index is -0.673. The van der Waals surface area contributed by atoms with Crippen LogP contribution in [-0.2, 0) is 9.47 Å². The SMILES string of the molecule is [CH2]OC(=O)OC1CC(C)(C)CC(C)(C)C1. The molecular formula is C12H21O3. The minimum absolute atomic E-state index is 0.0435. The van der Waals surface area contributed by atoms with Crippen LogP contribution < -0.4 is 0 Å². The highest BCUT2D eigenvalue weighted by Crippen LogP contribution is 2.46. The number of carbonyl (C=O) groups is 1. The number of rotatable bonds is 1. The smallest absolute Gasteiger partial charge is 0.431 e. The lowest BCUT2D eigenvalue weighted by Gasteiger charge is -2.44. The van der Waals surface area contributed by atoms with Crippen molar-refractivity contribution in [1.29, 1.82) is 0 Å². The molecule has 1 fully saturated rings. The lowest BCUT2D eigenvalue weighted by molar-refractivity contribution is -0.0323. The van der Waals surface area contributed by atoms with Gasteiger partial charge in [0.05, 0.1) is 0 Å². The molecule has 1 saturated carbocycles. The molecule has 3 nitrogen and oxygen atoms in total. The van der Waals surface area contributed by atoms with E-state index in [9.17, 15) is 4.79 Å². The highest BCUT2D eigenvalue weighted by atomic mass is 16.7. The van der Waals surface area contributed by atoms with Crippen LogP contribution in [0, 0.1) is 17.9 Å². The fraction of sp³-hybridized carbons (Fsp3) is 0.833. The Morgan fingerprint density at radius 1 is 1.20 bits per heavy atom. The van der Waals surface area contributed by atoms with E-state index in [2.05, 4.69) is 39.5 Å². The zero-order valence-electron chi connectivity index (χ0n) is 10.1. The number of hydrogen-bond acceptors (Lipinski definition) is 3. The number of carbonyl (C=O) groups excluding carboxylic acids is 1. The Bertz CT molecular complexity index is 227. The maximum atomic E-state index is 11.0. The third kappa shape index (κ3) is 3.73. The summed E-state index contributed by atoms with van der Waals surface area (Å²) >= 11 is 0. The standard InChI is InChI=1S/C12H21O3/c1-11(2)6-9(15-10(13)14-5)7-12(3,4)8-11/h9H,5-8H2,1-4H3. The van der Waals surface area contributed by atoms with Crippen LogP contribution in [-0.4, -0.2) is 12.3 Å². The van der Waals surface area contributed by atoms with Gasteiger partial charge in [0.1, 0.15) is 13.2 Å². The maximum Gasteiger partial charge on any atom is 0.508 e. The summed E-state index contributed by atoms with van der Waals surface area (Å²) in [6, 6.07) is 0. The van der Waals surface area contributed by atoms with Crippen LogP contribution in [0.1, 0.15) is 47.0 Å².